The summed E-state index contributed by atoms with van der Waals surface area (Å²) in [6.07, 6.45) is 2.54. The number of rotatable bonds is 4. The van der Waals surface area contributed by atoms with E-state index >= 15 is 0 Å². The van der Waals surface area contributed by atoms with Crippen LogP contribution in [0.4, 0.5) is 0 Å². The summed E-state index contributed by atoms with van der Waals surface area (Å²) in [4.78, 5) is 14.0. The zero-order valence-electron chi connectivity index (χ0n) is 11.5. The van der Waals surface area contributed by atoms with Crippen LogP contribution in [-0.2, 0) is 9.53 Å². The molecule has 0 aromatic heterocycles. The minimum atomic E-state index is -0.0199. The molecule has 1 aromatic rings. The summed E-state index contributed by atoms with van der Waals surface area (Å²) in [7, 11) is 0. The molecule has 0 aliphatic carbocycles. The molecule has 1 aromatic carbocycles. The molecule has 1 aliphatic rings. The Morgan fingerprint density at radius 1 is 1.45 bits per heavy atom. The highest BCUT2D eigenvalue weighted by Crippen LogP contribution is 2.15. The molecular weight excluding hydrogens is 250 g/mol. The SMILES string of the molecule is C=CCN(CC#Cc1ccccc1)C(=O)C1CCOC1. The van der Waals surface area contributed by atoms with Gasteiger partial charge < -0.3 is 9.64 Å². The lowest BCUT2D eigenvalue weighted by Crippen LogP contribution is -2.36. The van der Waals surface area contributed by atoms with Crippen molar-refractivity contribution in [2.45, 2.75) is 6.42 Å². The first-order valence-corrected chi connectivity index (χ1v) is 6.82. The lowest BCUT2D eigenvalue weighted by Gasteiger charge is -2.21. The van der Waals surface area contributed by atoms with Crippen molar-refractivity contribution in [3.05, 3.63) is 48.6 Å². The molecule has 1 unspecified atom stereocenters. The van der Waals surface area contributed by atoms with Gasteiger partial charge >= 0.3 is 0 Å². The Kier molecular flexibility index (Phi) is 5.40. The van der Waals surface area contributed by atoms with E-state index in [9.17, 15) is 4.79 Å². The molecule has 0 saturated carbocycles. The van der Waals surface area contributed by atoms with Crippen molar-refractivity contribution in [1.82, 2.24) is 4.90 Å². The minimum absolute atomic E-state index is 0.0199. The maximum absolute atomic E-state index is 12.3. The van der Waals surface area contributed by atoms with Gasteiger partial charge in [-0.05, 0) is 18.6 Å². The Labute approximate surface area is 120 Å². The number of carbonyl (C=O) groups is 1. The summed E-state index contributed by atoms with van der Waals surface area (Å²) in [5, 5.41) is 0. The Balaban J connectivity index is 1.97. The summed E-state index contributed by atoms with van der Waals surface area (Å²) >= 11 is 0. The van der Waals surface area contributed by atoms with Crippen molar-refractivity contribution in [2.75, 3.05) is 26.3 Å². The first kappa shape index (κ1) is 14.4. The smallest absolute Gasteiger partial charge is 0.229 e. The fourth-order valence-corrected chi connectivity index (χ4v) is 2.13. The molecular formula is C17H19NO2. The van der Waals surface area contributed by atoms with Crippen molar-refractivity contribution in [1.29, 1.82) is 0 Å². The van der Waals surface area contributed by atoms with E-state index in [2.05, 4.69) is 18.4 Å². The summed E-state index contributed by atoms with van der Waals surface area (Å²) in [5.74, 6) is 6.22. The van der Waals surface area contributed by atoms with Crippen LogP contribution in [0.2, 0.25) is 0 Å². The van der Waals surface area contributed by atoms with Gasteiger partial charge in [0.25, 0.3) is 0 Å². The van der Waals surface area contributed by atoms with E-state index in [0.29, 0.717) is 26.3 Å². The second kappa shape index (κ2) is 7.52. The second-order valence-electron chi connectivity index (χ2n) is 4.74. The molecule has 3 nitrogen and oxygen atoms in total. The number of carbonyl (C=O) groups excluding carboxylic acids is 1. The van der Waals surface area contributed by atoms with Gasteiger partial charge in [-0.25, -0.2) is 0 Å². The predicted octanol–water partition coefficient (Wildman–Crippen LogP) is 2.09. The van der Waals surface area contributed by atoms with Crippen LogP contribution in [0.1, 0.15) is 12.0 Å². The highest BCUT2D eigenvalue weighted by molar-refractivity contribution is 5.79. The molecule has 2 rings (SSSR count). The van der Waals surface area contributed by atoms with Crippen molar-refractivity contribution in [2.24, 2.45) is 5.92 Å². The van der Waals surface area contributed by atoms with Gasteiger partial charge in [-0.3, -0.25) is 4.79 Å². The third-order valence-electron chi connectivity index (χ3n) is 3.22. The van der Waals surface area contributed by atoms with Crippen LogP contribution in [0.15, 0.2) is 43.0 Å². The van der Waals surface area contributed by atoms with Crippen LogP contribution >= 0.6 is 0 Å². The molecule has 1 aliphatic heterocycles. The average molecular weight is 269 g/mol. The van der Waals surface area contributed by atoms with E-state index in [4.69, 9.17) is 4.74 Å². The predicted molar refractivity (Wildman–Crippen MR) is 79.0 cm³/mol. The monoisotopic (exact) mass is 269 g/mol. The van der Waals surface area contributed by atoms with Gasteiger partial charge in [0.05, 0.1) is 19.1 Å². The van der Waals surface area contributed by atoms with Crippen molar-refractivity contribution >= 4 is 5.91 Å². The van der Waals surface area contributed by atoms with Crippen LogP contribution in [0.5, 0.6) is 0 Å². The van der Waals surface area contributed by atoms with E-state index < -0.39 is 0 Å². The molecule has 0 spiro atoms. The van der Waals surface area contributed by atoms with E-state index in [1.807, 2.05) is 30.3 Å². The maximum atomic E-state index is 12.3. The van der Waals surface area contributed by atoms with E-state index in [1.54, 1.807) is 11.0 Å². The summed E-state index contributed by atoms with van der Waals surface area (Å²) < 4.78 is 5.27. The van der Waals surface area contributed by atoms with Crippen LogP contribution in [0.3, 0.4) is 0 Å². The topological polar surface area (TPSA) is 29.5 Å². The normalized spacial score (nSPS) is 17.1. The van der Waals surface area contributed by atoms with Gasteiger partial charge in [-0.1, -0.05) is 36.1 Å². The molecule has 104 valence electrons. The number of hydrogen-bond donors (Lipinski definition) is 0. The number of benzene rings is 1. The van der Waals surface area contributed by atoms with E-state index in [1.165, 1.54) is 0 Å². The maximum Gasteiger partial charge on any atom is 0.229 e. The van der Waals surface area contributed by atoms with Crippen LogP contribution in [-0.4, -0.2) is 37.1 Å². The first-order chi connectivity index (χ1) is 9.81. The number of amides is 1. The standard InChI is InChI=1S/C17H19NO2/c1-2-11-18(17(19)16-10-13-20-14-16)12-6-9-15-7-4-3-5-8-15/h2-5,7-8,16H,1,10-14H2. The second-order valence-corrected chi connectivity index (χ2v) is 4.74. The molecule has 1 saturated heterocycles. The number of hydrogen-bond acceptors (Lipinski definition) is 2. The van der Waals surface area contributed by atoms with Gasteiger partial charge in [-0.2, -0.15) is 0 Å². The Hall–Kier alpha value is -2.05. The lowest BCUT2D eigenvalue weighted by molar-refractivity contribution is -0.134. The fourth-order valence-electron chi connectivity index (χ4n) is 2.13. The van der Waals surface area contributed by atoms with Gasteiger partial charge in [0.1, 0.15) is 0 Å². The fraction of sp³-hybridized carbons (Fsp3) is 0.353. The molecule has 0 N–H and O–H groups in total. The van der Waals surface area contributed by atoms with Crippen LogP contribution < -0.4 is 0 Å². The summed E-state index contributed by atoms with van der Waals surface area (Å²) in [5.41, 5.74) is 0.961. The Morgan fingerprint density at radius 2 is 2.25 bits per heavy atom. The van der Waals surface area contributed by atoms with Gasteiger partial charge in [0.2, 0.25) is 5.91 Å². The highest BCUT2D eigenvalue weighted by atomic mass is 16.5. The number of nitrogens with zero attached hydrogens (tertiary/aromatic N) is 1. The van der Waals surface area contributed by atoms with Gasteiger partial charge in [0, 0.05) is 18.7 Å². The minimum Gasteiger partial charge on any atom is -0.381 e. The quantitative estimate of drug-likeness (QED) is 0.619. The number of ether oxygens (including phenoxy) is 1. The molecule has 1 atom stereocenters. The zero-order valence-corrected chi connectivity index (χ0v) is 11.5. The van der Waals surface area contributed by atoms with Crippen LogP contribution in [0.25, 0.3) is 0 Å². The third-order valence-corrected chi connectivity index (χ3v) is 3.22. The molecule has 1 amide bonds. The largest absolute Gasteiger partial charge is 0.381 e. The zero-order chi connectivity index (χ0) is 14.2. The average Bonchev–Trinajstić information content (AvgIpc) is 3.01. The van der Waals surface area contributed by atoms with Crippen molar-refractivity contribution in [3.8, 4) is 11.8 Å². The highest BCUT2D eigenvalue weighted by Gasteiger charge is 2.26. The van der Waals surface area contributed by atoms with Crippen LogP contribution in [0, 0.1) is 17.8 Å². The molecule has 0 radical (unpaired) electrons. The van der Waals surface area contributed by atoms with Gasteiger partial charge in [-0.15, -0.1) is 6.58 Å². The molecule has 20 heavy (non-hydrogen) atoms. The molecule has 1 heterocycles. The van der Waals surface area contributed by atoms with E-state index in [-0.39, 0.29) is 11.8 Å². The summed E-state index contributed by atoms with van der Waals surface area (Å²) in [6, 6.07) is 9.77. The third kappa shape index (κ3) is 3.97. The Morgan fingerprint density at radius 3 is 2.90 bits per heavy atom. The first-order valence-electron chi connectivity index (χ1n) is 6.82. The molecule has 0 bridgehead atoms. The molecule has 1 fully saturated rings. The van der Waals surface area contributed by atoms with Crippen molar-refractivity contribution in [3.63, 3.8) is 0 Å². The lowest BCUT2D eigenvalue weighted by atomic mass is 10.1. The van der Waals surface area contributed by atoms with Crippen molar-refractivity contribution < 1.29 is 9.53 Å². The van der Waals surface area contributed by atoms with Gasteiger partial charge in [0.15, 0.2) is 0 Å². The summed E-state index contributed by atoms with van der Waals surface area (Å²) in [6.45, 7) is 5.86. The Bertz CT molecular complexity index is 507. The molecule has 3 heteroatoms. The van der Waals surface area contributed by atoms with E-state index in [0.717, 1.165) is 12.0 Å².